The minimum absolute atomic E-state index is 0.326. The molecule has 4 heteroatoms. The molecule has 0 fully saturated rings. The van der Waals surface area contributed by atoms with Crippen LogP contribution < -0.4 is 0 Å². The maximum absolute atomic E-state index is 10.9. The maximum atomic E-state index is 10.9. The van der Waals surface area contributed by atoms with Crippen LogP contribution in [0.1, 0.15) is 51.9 Å². The van der Waals surface area contributed by atoms with Crippen LogP contribution in [0, 0.1) is 5.92 Å². The molecule has 0 rings (SSSR count). The molecule has 16 heavy (non-hydrogen) atoms. The SMILES string of the molecule is CCCCCCC[C@H](C[C@@H](O)CS)C(=O)O. The minimum Gasteiger partial charge on any atom is -0.481 e. The highest BCUT2D eigenvalue weighted by atomic mass is 32.1. The average molecular weight is 248 g/mol. The van der Waals surface area contributed by atoms with Crippen molar-refractivity contribution in [1.82, 2.24) is 0 Å². The summed E-state index contributed by atoms with van der Waals surface area (Å²) in [5.74, 6) is -0.875. The molecule has 0 heterocycles. The number of hydrogen-bond acceptors (Lipinski definition) is 3. The molecule has 0 aromatic carbocycles. The first-order valence-corrected chi connectivity index (χ1v) is 6.76. The molecule has 0 aliphatic rings. The van der Waals surface area contributed by atoms with E-state index < -0.39 is 18.0 Å². The van der Waals surface area contributed by atoms with E-state index >= 15 is 0 Å². The van der Waals surface area contributed by atoms with Crippen LogP contribution in [0.4, 0.5) is 0 Å². The van der Waals surface area contributed by atoms with E-state index in [0.717, 1.165) is 12.8 Å². The molecule has 96 valence electrons. The third-order valence-electron chi connectivity index (χ3n) is 2.77. The molecular formula is C12H24O3S. The van der Waals surface area contributed by atoms with Gasteiger partial charge in [0.05, 0.1) is 12.0 Å². The summed E-state index contributed by atoms with van der Waals surface area (Å²) in [6.45, 7) is 2.16. The fraction of sp³-hybridized carbons (Fsp3) is 0.917. The lowest BCUT2D eigenvalue weighted by Crippen LogP contribution is -2.21. The molecule has 0 aromatic rings. The van der Waals surface area contributed by atoms with Crippen LogP contribution in [0.15, 0.2) is 0 Å². The smallest absolute Gasteiger partial charge is 0.306 e. The van der Waals surface area contributed by atoms with Crippen LogP contribution in [0.5, 0.6) is 0 Å². The largest absolute Gasteiger partial charge is 0.481 e. The Morgan fingerprint density at radius 3 is 2.38 bits per heavy atom. The van der Waals surface area contributed by atoms with Crippen LogP contribution in [0.25, 0.3) is 0 Å². The van der Waals surface area contributed by atoms with Crippen LogP contribution in [0.3, 0.4) is 0 Å². The first-order chi connectivity index (χ1) is 7.61. The van der Waals surface area contributed by atoms with Crippen molar-refractivity contribution in [3.8, 4) is 0 Å². The third kappa shape index (κ3) is 7.99. The highest BCUT2D eigenvalue weighted by molar-refractivity contribution is 7.80. The van der Waals surface area contributed by atoms with Gasteiger partial charge in [0.1, 0.15) is 0 Å². The van der Waals surface area contributed by atoms with E-state index in [0.29, 0.717) is 18.6 Å². The lowest BCUT2D eigenvalue weighted by Gasteiger charge is -2.15. The van der Waals surface area contributed by atoms with Crippen molar-refractivity contribution in [2.24, 2.45) is 5.92 Å². The zero-order valence-corrected chi connectivity index (χ0v) is 11.0. The van der Waals surface area contributed by atoms with E-state index in [9.17, 15) is 9.90 Å². The molecule has 0 spiro atoms. The van der Waals surface area contributed by atoms with E-state index in [1.54, 1.807) is 0 Å². The van der Waals surface area contributed by atoms with Crippen molar-refractivity contribution < 1.29 is 15.0 Å². The van der Waals surface area contributed by atoms with Gasteiger partial charge >= 0.3 is 5.97 Å². The number of carbonyl (C=O) groups is 1. The summed E-state index contributed by atoms with van der Waals surface area (Å²) < 4.78 is 0. The lowest BCUT2D eigenvalue weighted by atomic mass is 9.95. The average Bonchev–Trinajstić information content (AvgIpc) is 2.26. The Bertz CT molecular complexity index is 185. The molecular weight excluding hydrogens is 224 g/mol. The summed E-state index contributed by atoms with van der Waals surface area (Å²) in [5, 5.41) is 18.4. The van der Waals surface area contributed by atoms with Crippen molar-refractivity contribution in [2.45, 2.75) is 58.0 Å². The number of unbranched alkanes of at least 4 members (excludes halogenated alkanes) is 4. The Kier molecular flexibility index (Phi) is 9.83. The molecule has 0 aliphatic carbocycles. The van der Waals surface area contributed by atoms with Gasteiger partial charge in [0, 0.05) is 5.75 Å². The van der Waals surface area contributed by atoms with Gasteiger partial charge in [-0.3, -0.25) is 4.79 Å². The first kappa shape index (κ1) is 15.8. The molecule has 0 amide bonds. The Balaban J connectivity index is 3.73. The highest BCUT2D eigenvalue weighted by Gasteiger charge is 2.20. The number of carboxylic acid groups (broad SMARTS) is 1. The van der Waals surface area contributed by atoms with Crippen molar-refractivity contribution >= 4 is 18.6 Å². The molecule has 0 saturated heterocycles. The van der Waals surface area contributed by atoms with Gasteiger partial charge in [0.25, 0.3) is 0 Å². The predicted octanol–water partition coefficient (Wildman–Crippen LogP) is 2.73. The second-order valence-corrected chi connectivity index (χ2v) is 4.68. The second-order valence-electron chi connectivity index (χ2n) is 4.31. The maximum Gasteiger partial charge on any atom is 0.306 e. The van der Waals surface area contributed by atoms with Crippen LogP contribution >= 0.6 is 12.6 Å². The van der Waals surface area contributed by atoms with E-state index in [1.165, 1.54) is 19.3 Å². The van der Waals surface area contributed by atoms with Crippen LogP contribution in [-0.4, -0.2) is 28.0 Å². The fourth-order valence-corrected chi connectivity index (χ4v) is 1.89. The Morgan fingerprint density at radius 2 is 1.88 bits per heavy atom. The zero-order chi connectivity index (χ0) is 12.4. The lowest BCUT2D eigenvalue weighted by molar-refractivity contribution is -0.143. The van der Waals surface area contributed by atoms with E-state index in [-0.39, 0.29) is 0 Å². The van der Waals surface area contributed by atoms with Gasteiger partial charge in [-0.25, -0.2) is 0 Å². The van der Waals surface area contributed by atoms with Gasteiger partial charge in [-0.05, 0) is 12.8 Å². The Morgan fingerprint density at radius 1 is 1.25 bits per heavy atom. The molecule has 2 N–H and O–H groups in total. The van der Waals surface area contributed by atoms with Crippen molar-refractivity contribution in [3.05, 3.63) is 0 Å². The molecule has 0 radical (unpaired) electrons. The summed E-state index contributed by atoms with van der Waals surface area (Å²) in [5.41, 5.74) is 0. The van der Waals surface area contributed by atoms with Gasteiger partial charge in [0.2, 0.25) is 0 Å². The standard InChI is InChI=1S/C12H24O3S/c1-2-3-4-5-6-7-10(12(14)15)8-11(13)9-16/h10-11,13,16H,2-9H2,1H3,(H,14,15)/t10-,11-/m1/s1. The third-order valence-corrected chi connectivity index (χ3v) is 3.19. The molecule has 0 aromatic heterocycles. The molecule has 0 saturated carbocycles. The number of aliphatic hydroxyl groups excluding tert-OH is 1. The molecule has 3 nitrogen and oxygen atoms in total. The topological polar surface area (TPSA) is 57.5 Å². The van der Waals surface area contributed by atoms with E-state index in [1.807, 2.05) is 0 Å². The molecule has 2 atom stereocenters. The fourth-order valence-electron chi connectivity index (χ4n) is 1.74. The number of aliphatic carboxylic acids is 1. The monoisotopic (exact) mass is 248 g/mol. The van der Waals surface area contributed by atoms with Crippen molar-refractivity contribution in [1.29, 1.82) is 0 Å². The second kappa shape index (κ2) is 9.97. The summed E-state index contributed by atoms with van der Waals surface area (Å²) in [4.78, 5) is 10.9. The van der Waals surface area contributed by atoms with Crippen molar-refractivity contribution in [3.63, 3.8) is 0 Å². The number of aliphatic hydroxyl groups is 1. The minimum atomic E-state index is -0.795. The number of hydrogen-bond donors (Lipinski definition) is 3. The summed E-state index contributed by atoms with van der Waals surface area (Å²) >= 11 is 3.95. The summed E-state index contributed by atoms with van der Waals surface area (Å²) in [7, 11) is 0. The van der Waals surface area contributed by atoms with Gasteiger partial charge in [-0.15, -0.1) is 0 Å². The van der Waals surface area contributed by atoms with E-state index in [4.69, 9.17) is 5.11 Å². The van der Waals surface area contributed by atoms with Gasteiger partial charge in [-0.2, -0.15) is 12.6 Å². The first-order valence-electron chi connectivity index (χ1n) is 6.13. The molecule has 0 unspecified atom stereocenters. The Labute approximate surface area is 104 Å². The summed E-state index contributed by atoms with van der Waals surface area (Å²) in [6, 6.07) is 0. The number of carboxylic acids is 1. The quantitative estimate of drug-likeness (QED) is 0.411. The van der Waals surface area contributed by atoms with E-state index in [2.05, 4.69) is 19.6 Å². The molecule has 0 bridgehead atoms. The van der Waals surface area contributed by atoms with Gasteiger partial charge < -0.3 is 10.2 Å². The number of thiol groups is 1. The highest BCUT2D eigenvalue weighted by Crippen LogP contribution is 2.17. The predicted molar refractivity (Wildman–Crippen MR) is 69.0 cm³/mol. The van der Waals surface area contributed by atoms with Crippen LogP contribution in [0.2, 0.25) is 0 Å². The normalized spacial score (nSPS) is 14.7. The summed E-state index contributed by atoms with van der Waals surface area (Å²) in [6.07, 6.45) is 6.02. The van der Waals surface area contributed by atoms with Crippen molar-refractivity contribution in [2.75, 3.05) is 5.75 Å². The van der Waals surface area contributed by atoms with Crippen LogP contribution in [-0.2, 0) is 4.79 Å². The number of rotatable bonds is 10. The zero-order valence-electron chi connectivity index (χ0n) is 10.1. The Hall–Kier alpha value is -0.220. The van der Waals surface area contributed by atoms with Gasteiger partial charge in [0.15, 0.2) is 0 Å². The molecule has 0 aliphatic heterocycles. The van der Waals surface area contributed by atoms with Gasteiger partial charge in [-0.1, -0.05) is 39.0 Å².